The molecule has 148 valence electrons. The summed E-state index contributed by atoms with van der Waals surface area (Å²) in [4.78, 5) is 20.9. The van der Waals surface area contributed by atoms with E-state index in [0.29, 0.717) is 43.1 Å². The quantitative estimate of drug-likeness (QED) is 0.728. The molecule has 5 nitrogen and oxygen atoms in total. The lowest BCUT2D eigenvalue weighted by molar-refractivity contribution is 0.102. The molecule has 1 amide bonds. The van der Waals surface area contributed by atoms with Crippen LogP contribution in [0.3, 0.4) is 0 Å². The number of amides is 1. The van der Waals surface area contributed by atoms with Crippen LogP contribution in [0.15, 0.2) is 66.9 Å². The van der Waals surface area contributed by atoms with Crippen LogP contribution in [0.1, 0.15) is 10.4 Å². The van der Waals surface area contributed by atoms with Crippen molar-refractivity contribution in [2.24, 2.45) is 0 Å². The minimum absolute atomic E-state index is 0.212. The lowest BCUT2D eigenvalue weighted by atomic mass is 10.2. The van der Waals surface area contributed by atoms with E-state index in [2.05, 4.69) is 15.2 Å². The van der Waals surface area contributed by atoms with Crippen LogP contribution in [-0.2, 0) is 0 Å². The number of carbonyl (C=O) groups is 1. The molecular formula is C22H20F2N4O. The van der Waals surface area contributed by atoms with Crippen molar-refractivity contribution in [2.45, 2.75) is 0 Å². The molecule has 3 aromatic rings. The number of hydrogen-bond donors (Lipinski definition) is 1. The van der Waals surface area contributed by atoms with E-state index in [-0.39, 0.29) is 17.5 Å². The molecule has 0 radical (unpaired) electrons. The van der Waals surface area contributed by atoms with Gasteiger partial charge in [-0.15, -0.1) is 0 Å². The number of rotatable bonds is 4. The Morgan fingerprint density at radius 1 is 0.862 bits per heavy atom. The molecule has 1 aliphatic rings. The van der Waals surface area contributed by atoms with Gasteiger partial charge in [0.05, 0.1) is 11.3 Å². The lowest BCUT2D eigenvalue weighted by Gasteiger charge is -2.36. The van der Waals surface area contributed by atoms with E-state index in [0.717, 1.165) is 5.82 Å². The van der Waals surface area contributed by atoms with Gasteiger partial charge in [-0.05, 0) is 48.5 Å². The number of anilines is 3. The summed E-state index contributed by atoms with van der Waals surface area (Å²) in [7, 11) is 0. The summed E-state index contributed by atoms with van der Waals surface area (Å²) >= 11 is 0. The first kappa shape index (κ1) is 18.9. The predicted octanol–water partition coefficient (Wildman–Crippen LogP) is 3.94. The number of piperazine rings is 1. The molecule has 0 aliphatic carbocycles. The van der Waals surface area contributed by atoms with Gasteiger partial charge in [-0.2, -0.15) is 0 Å². The average molecular weight is 394 g/mol. The van der Waals surface area contributed by atoms with E-state index < -0.39 is 0 Å². The number of aromatic nitrogens is 1. The molecule has 1 aromatic heterocycles. The highest BCUT2D eigenvalue weighted by atomic mass is 19.1. The van der Waals surface area contributed by atoms with E-state index >= 15 is 0 Å². The van der Waals surface area contributed by atoms with E-state index in [1.807, 2.05) is 11.0 Å². The summed E-state index contributed by atoms with van der Waals surface area (Å²) < 4.78 is 26.9. The molecule has 0 unspecified atom stereocenters. The van der Waals surface area contributed by atoms with Crippen LogP contribution < -0.4 is 15.1 Å². The molecule has 0 bridgehead atoms. The van der Waals surface area contributed by atoms with Crippen molar-refractivity contribution >= 4 is 23.1 Å². The summed E-state index contributed by atoms with van der Waals surface area (Å²) in [6.45, 7) is 2.80. The molecule has 7 heteroatoms. The normalized spacial score (nSPS) is 14.0. The summed E-state index contributed by atoms with van der Waals surface area (Å²) in [6.07, 6.45) is 1.53. The van der Waals surface area contributed by atoms with Crippen molar-refractivity contribution in [3.63, 3.8) is 0 Å². The summed E-state index contributed by atoms with van der Waals surface area (Å²) in [5.74, 6) is -0.101. The molecule has 1 aliphatic heterocycles. The number of halogens is 2. The summed E-state index contributed by atoms with van der Waals surface area (Å²) in [5.41, 5.74) is 1.56. The average Bonchev–Trinajstić information content (AvgIpc) is 2.76. The van der Waals surface area contributed by atoms with Crippen molar-refractivity contribution in [1.29, 1.82) is 0 Å². The van der Waals surface area contributed by atoms with Gasteiger partial charge in [0.25, 0.3) is 5.91 Å². The highest BCUT2D eigenvalue weighted by molar-refractivity contribution is 6.04. The van der Waals surface area contributed by atoms with E-state index in [4.69, 9.17) is 0 Å². The maximum absolute atomic E-state index is 14.0. The fourth-order valence-corrected chi connectivity index (χ4v) is 3.33. The van der Waals surface area contributed by atoms with Gasteiger partial charge in [0.15, 0.2) is 0 Å². The van der Waals surface area contributed by atoms with Crippen LogP contribution in [0, 0.1) is 11.6 Å². The molecule has 29 heavy (non-hydrogen) atoms. The predicted molar refractivity (Wildman–Crippen MR) is 109 cm³/mol. The Kier molecular flexibility index (Phi) is 5.37. The van der Waals surface area contributed by atoms with Crippen molar-refractivity contribution < 1.29 is 13.6 Å². The Bertz CT molecular complexity index is 984. The van der Waals surface area contributed by atoms with Crippen LogP contribution in [0.4, 0.5) is 26.0 Å². The zero-order chi connectivity index (χ0) is 20.2. The minimum Gasteiger partial charge on any atom is -0.366 e. The molecule has 1 saturated heterocycles. The Morgan fingerprint density at radius 3 is 2.21 bits per heavy atom. The first-order valence-electron chi connectivity index (χ1n) is 9.37. The molecular weight excluding hydrogens is 374 g/mol. The number of nitrogens with one attached hydrogen (secondary N) is 1. The van der Waals surface area contributed by atoms with Crippen molar-refractivity contribution in [1.82, 2.24) is 4.98 Å². The fraction of sp³-hybridized carbons (Fsp3) is 0.182. The maximum atomic E-state index is 14.0. The topological polar surface area (TPSA) is 48.5 Å². The third-order valence-electron chi connectivity index (χ3n) is 4.91. The van der Waals surface area contributed by atoms with Gasteiger partial charge in [0, 0.05) is 38.1 Å². The molecule has 1 N–H and O–H groups in total. The lowest BCUT2D eigenvalue weighted by Crippen LogP contribution is -2.47. The van der Waals surface area contributed by atoms with Gasteiger partial charge in [-0.25, -0.2) is 13.8 Å². The van der Waals surface area contributed by atoms with E-state index in [9.17, 15) is 13.6 Å². The van der Waals surface area contributed by atoms with Crippen LogP contribution in [0.25, 0.3) is 0 Å². The second-order valence-electron chi connectivity index (χ2n) is 6.79. The SMILES string of the molecule is O=C(Nc1ccc(F)cc1)c1ccc(N2CCN(c3ccccc3F)CC2)nc1. The molecule has 0 spiro atoms. The second-order valence-corrected chi connectivity index (χ2v) is 6.79. The molecule has 0 atom stereocenters. The zero-order valence-electron chi connectivity index (χ0n) is 15.7. The number of para-hydroxylation sites is 1. The Hall–Kier alpha value is -3.48. The van der Waals surface area contributed by atoms with Crippen molar-refractivity contribution in [3.05, 3.63) is 84.1 Å². The monoisotopic (exact) mass is 394 g/mol. The summed E-state index contributed by atoms with van der Waals surface area (Å²) in [5, 5.41) is 2.71. The standard InChI is InChI=1S/C22H20F2N4O/c23-17-6-8-18(9-7-17)26-22(29)16-5-10-21(25-15-16)28-13-11-27(12-14-28)20-4-2-1-3-19(20)24/h1-10,15H,11-14H2,(H,26,29). The van der Waals surface area contributed by atoms with Gasteiger partial charge < -0.3 is 15.1 Å². The van der Waals surface area contributed by atoms with Crippen LogP contribution >= 0.6 is 0 Å². The highest BCUT2D eigenvalue weighted by Gasteiger charge is 2.20. The van der Waals surface area contributed by atoms with Gasteiger partial charge in [0.1, 0.15) is 17.5 Å². The molecule has 2 heterocycles. The number of carbonyl (C=O) groups excluding carboxylic acids is 1. The van der Waals surface area contributed by atoms with Crippen molar-refractivity contribution in [3.8, 4) is 0 Å². The largest absolute Gasteiger partial charge is 0.366 e. The third kappa shape index (κ3) is 4.34. The zero-order valence-corrected chi connectivity index (χ0v) is 15.7. The fourth-order valence-electron chi connectivity index (χ4n) is 3.33. The second kappa shape index (κ2) is 8.26. The Morgan fingerprint density at radius 2 is 1.55 bits per heavy atom. The van der Waals surface area contributed by atoms with Gasteiger partial charge in [0.2, 0.25) is 0 Å². The third-order valence-corrected chi connectivity index (χ3v) is 4.91. The summed E-state index contributed by atoms with van der Waals surface area (Å²) in [6, 6.07) is 15.9. The molecule has 1 fully saturated rings. The molecule has 0 saturated carbocycles. The van der Waals surface area contributed by atoms with E-state index in [1.54, 1.807) is 24.3 Å². The van der Waals surface area contributed by atoms with Crippen LogP contribution in [-0.4, -0.2) is 37.1 Å². The Balaban J connectivity index is 1.36. The van der Waals surface area contributed by atoms with Crippen LogP contribution in [0.2, 0.25) is 0 Å². The number of pyridine rings is 1. The number of hydrogen-bond acceptors (Lipinski definition) is 4. The molecule has 4 rings (SSSR count). The minimum atomic E-state index is -0.357. The first-order valence-corrected chi connectivity index (χ1v) is 9.37. The number of nitrogens with zero attached hydrogens (tertiary/aromatic N) is 3. The highest BCUT2D eigenvalue weighted by Crippen LogP contribution is 2.22. The van der Waals surface area contributed by atoms with E-state index in [1.165, 1.54) is 36.5 Å². The maximum Gasteiger partial charge on any atom is 0.257 e. The smallest absolute Gasteiger partial charge is 0.257 e. The number of benzene rings is 2. The van der Waals surface area contributed by atoms with Gasteiger partial charge in [-0.3, -0.25) is 4.79 Å². The van der Waals surface area contributed by atoms with Gasteiger partial charge >= 0.3 is 0 Å². The van der Waals surface area contributed by atoms with Crippen molar-refractivity contribution in [2.75, 3.05) is 41.3 Å². The van der Waals surface area contributed by atoms with Gasteiger partial charge in [-0.1, -0.05) is 12.1 Å². The van der Waals surface area contributed by atoms with Crippen LogP contribution in [0.5, 0.6) is 0 Å². The Labute approximate surface area is 167 Å². The first-order chi connectivity index (χ1) is 14.1. The molecule has 2 aromatic carbocycles.